The molecule has 10 nitrogen and oxygen atoms in total. The minimum Gasteiger partial charge on any atom is -0.491 e. The van der Waals surface area contributed by atoms with Gasteiger partial charge in [-0.25, -0.2) is 16.8 Å². The van der Waals surface area contributed by atoms with Crippen LogP contribution in [0.2, 0.25) is 0 Å². The van der Waals surface area contributed by atoms with Crippen molar-refractivity contribution in [3.63, 3.8) is 0 Å². The second-order valence-electron chi connectivity index (χ2n) is 17.2. The number of hydrogen-bond acceptors (Lipinski definition) is 10. The molecule has 0 fully saturated rings. The number of aliphatic hydroxyl groups excluding tert-OH is 2. The zero-order valence-electron chi connectivity index (χ0n) is 37.9. The molecule has 4 aromatic carbocycles. The molecule has 6 atom stereocenters. The molecule has 0 bridgehead atoms. The first-order chi connectivity index (χ1) is 30.3. The topological polar surface area (TPSA) is 146 Å². The van der Waals surface area contributed by atoms with Crippen LogP contribution in [0.4, 0.5) is 0 Å². The SMILES string of the molecule is CCCC[C@]1(CC)CS(=O)(=O)c2ccc(OCCOCCOCCOc3ccc4c(c3)[C@H](C)[C@H](O)[C@@](CC)(CCCC)CS4(=O)=O)cc2[C@@H](c2ccccc2)[C@H]1O.c1ccccc1. The molecule has 4 aromatic rings. The maximum absolute atomic E-state index is 13.9. The van der Waals surface area contributed by atoms with Gasteiger partial charge in [0, 0.05) is 22.7 Å². The van der Waals surface area contributed by atoms with Gasteiger partial charge in [0.2, 0.25) is 0 Å². The van der Waals surface area contributed by atoms with Crippen LogP contribution in [0.5, 0.6) is 11.5 Å². The normalized spacial score (nSPS) is 24.7. The van der Waals surface area contributed by atoms with E-state index >= 15 is 0 Å². The summed E-state index contributed by atoms with van der Waals surface area (Å²) in [4.78, 5) is 0.521. The predicted molar refractivity (Wildman–Crippen MR) is 249 cm³/mol. The van der Waals surface area contributed by atoms with Gasteiger partial charge in [-0.2, -0.15) is 0 Å². The summed E-state index contributed by atoms with van der Waals surface area (Å²) in [5, 5.41) is 23.5. The highest BCUT2D eigenvalue weighted by Crippen LogP contribution is 2.50. The first kappa shape index (κ1) is 50.2. The van der Waals surface area contributed by atoms with E-state index in [2.05, 4.69) is 13.8 Å². The molecule has 0 aliphatic carbocycles. The Kier molecular flexibility index (Phi) is 18.7. The fourth-order valence-corrected chi connectivity index (χ4v) is 13.9. The highest BCUT2D eigenvalue weighted by atomic mass is 32.2. The molecule has 346 valence electrons. The van der Waals surface area contributed by atoms with Crippen molar-refractivity contribution in [1.29, 1.82) is 0 Å². The number of rotatable bonds is 20. The van der Waals surface area contributed by atoms with Gasteiger partial charge in [0.25, 0.3) is 0 Å². The Hall–Kier alpha value is -3.78. The van der Waals surface area contributed by atoms with Gasteiger partial charge in [0.15, 0.2) is 19.7 Å². The number of sulfone groups is 2. The summed E-state index contributed by atoms with van der Waals surface area (Å²) in [6.45, 7) is 11.7. The maximum atomic E-state index is 13.9. The second-order valence-corrected chi connectivity index (χ2v) is 21.1. The number of aliphatic hydroxyl groups is 2. The van der Waals surface area contributed by atoms with E-state index in [0.717, 1.165) is 31.2 Å². The quantitative estimate of drug-likeness (QED) is 0.0823. The van der Waals surface area contributed by atoms with Gasteiger partial charge in [-0.15, -0.1) is 0 Å². The molecule has 6 rings (SSSR count). The minimum absolute atomic E-state index is 0.0587. The van der Waals surface area contributed by atoms with Gasteiger partial charge >= 0.3 is 0 Å². The largest absolute Gasteiger partial charge is 0.491 e. The second kappa shape index (κ2) is 23.4. The Bertz CT molecular complexity index is 2190. The van der Waals surface area contributed by atoms with E-state index in [9.17, 15) is 27.0 Å². The van der Waals surface area contributed by atoms with E-state index in [1.165, 1.54) is 0 Å². The molecule has 2 aliphatic heterocycles. The van der Waals surface area contributed by atoms with Crippen molar-refractivity contribution >= 4 is 19.7 Å². The fraction of sp³-hybridized carbons (Fsp3) is 0.529. The molecule has 0 unspecified atom stereocenters. The van der Waals surface area contributed by atoms with Crippen molar-refractivity contribution in [1.82, 2.24) is 0 Å². The van der Waals surface area contributed by atoms with Gasteiger partial charge < -0.3 is 29.2 Å². The maximum Gasteiger partial charge on any atom is 0.179 e. The van der Waals surface area contributed by atoms with Crippen molar-refractivity contribution in [2.45, 2.75) is 120 Å². The van der Waals surface area contributed by atoms with E-state index in [0.29, 0.717) is 68.1 Å². The number of benzene rings is 4. The lowest BCUT2D eigenvalue weighted by molar-refractivity contribution is 0.0125. The van der Waals surface area contributed by atoms with Crippen LogP contribution in [0.3, 0.4) is 0 Å². The van der Waals surface area contributed by atoms with E-state index in [1.807, 2.05) is 87.5 Å². The molecule has 0 aromatic heterocycles. The minimum atomic E-state index is -3.69. The highest BCUT2D eigenvalue weighted by molar-refractivity contribution is 7.91. The van der Waals surface area contributed by atoms with Gasteiger partial charge in [-0.3, -0.25) is 0 Å². The van der Waals surface area contributed by atoms with E-state index in [-0.39, 0.29) is 47.0 Å². The summed E-state index contributed by atoms with van der Waals surface area (Å²) in [6, 6.07) is 31.7. The van der Waals surface area contributed by atoms with Crippen molar-refractivity contribution < 1.29 is 46.0 Å². The van der Waals surface area contributed by atoms with Crippen LogP contribution < -0.4 is 9.47 Å². The zero-order valence-corrected chi connectivity index (χ0v) is 39.5. The van der Waals surface area contributed by atoms with Crippen LogP contribution >= 0.6 is 0 Å². The van der Waals surface area contributed by atoms with E-state index < -0.39 is 48.6 Å². The Morgan fingerprint density at radius 2 is 0.968 bits per heavy atom. The van der Waals surface area contributed by atoms with Crippen LogP contribution in [-0.4, -0.2) is 90.4 Å². The predicted octanol–water partition coefficient (Wildman–Crippen LogP) is 9.57. The molecule has 2 heterocycles. The Balaban J connectivity index is 0.00000115. The summed E-state index contributed by atoms with van der Waals surface area (Å²) in [7, 11) is -7.29. The number of ether oxygens (including phenoxy) is 4. The molecule has 2 aliphatic rings. The first-order valence-corrected chi connectivity index (χ1v) is 26.1. The third-order valence-electron chi connectivity index (χ3n) is 13.1. The van der Waals surface area contributed by atoms with E-state index in [4.69, 9.17) is 18.9 Å². The van der Waals surface area contributed by atoms with Crippen LogP contribution in [-0.2, 0) is 29.1 Å². The van der Waals surface area contributed by atoms with Crippen molar-refractivity contribution in [2.24, 2.45) is 10.8 Å². The summed E-state index contributed by atoms with van der Waals surface area (Å²) >= 11 is 0. The van der Waals surface area contributed by atoms with Crippen molar-refractivity contribution in [2.75, 3.05) is 51.1 Å². The lowest BCUT2D eigenvalue weighted by Gasteiger charge is -2.39. The number of fused-ring (bicyclic) bond motifs is 2. The zero-order chi connectivity index (χ0) is 45.5. The van der Waals surface area contributed by atoms with Crippen LogP contribution in [0.15, 0.2) is 113 Å². The number of hydrogen-bond donors (Lipinski definition) is 2. The molecule has 0 saturated carbocycles. The van der Waals surface area contributed by atoms with Crippen molar-refractivity contribution in [3.05, 3.63) is 120 Å². The molecule has 0 saturated heterocycles. The van der Waals surface area contributed by atoms with Gasteiger partial charge in [-0.1, -0.05) is 127 Å². The van der Waals surface area contributed by atoms with Crippen LogP contribution in [0.25, 0.3) is 0 Å². The third-order valence-corrected chi connectivity index (χ3v) is 17.1. The molecule has 0 radical (unpaired) electrons. The van der Waals surface area contributed by atoms with Crippen LogP contribution in [0, 0.1) is 10.8 Å². The smallest absolute Gasteiger partial charge is 0.179 e. The Morgan fingerprint density at radius 1 is 0.556 bits per heavy atom. The fourth-order valence-electron chi connectivity index (χ4n) is 9.34. The monoisotopic (exact) mass is 906 g/mol. The number of unbranched alkanes of at least 4 members (excludes halogenated alkanes) is 2. The van der Waals surface area contributed by atoms with Gasteiger partial charge in [-0.05, 0) is 78.8 Å². The summed E-state index contributed by atoms with van der Waals surface area (Å²) in [5.41, 5.74) is 0.553. The van der Waals surface area contributed by atoms with Crippen LogP contribution in [0.1, 0.15) is 115 Å². The third kappa shape index (κ3) is 12.5. The standard InChI is InChI=1S/C45H64O10S2.C6H6/c1-6-10-21-44(8-3)31-56(48,49)39-19-17-35(29-37(39)33(5)42(44)46)54-27-25-52-23-24-53-26-28-55-36-18-20-40-38(30-36)41(34-15-13-12-14-16-34)43(47)45(9-4,22-11-7-2)32-57(40,50)51;1-2-4-6-5-3-1/h12-20,29-30,33,41-43,46-47H,6-11,21-28,31-32H2,1-5H3;1-6H/t33-,41+,42-,43+,44-,45+;/m0./s1. The Morgan fingerprint density at radius 3 is 1.43 bits per heavy atom. The lowest BCUT2D eigenvalue weighted by Crippen LogP contribution is -2.42. The Labute approximate surface area is 377 Å². The lowest BCUT2D eigenvalue weighted by atomic mass is 9.69. The summed E-state index contributed by atoms with van der Waals surface area (Å²) in [6.07, 6.45) is 4.30. The molecule has 2 N–H and O–H groups in total. The summed E-state index contributed by atoms with van der Waals surface area (Å²) in [5.74, 6) is -0.0160. The summed E-state index contributed by atoms with van der Waals surface area (Å²) < 4.78 is 78.3. The average Bonchev–Trinajstić information content (AvgIpc) is 3.41. The van der Waals surface area contributed by atoms with Gasteiger partial charge in [0.1, 0.15) is 24.7 Å². The molecular weight excluding hydrogens is 837 g/mol. The molecule has 0 spiro atoms. The molecule has 63 heavy (non-hydrogen) atoms. The molecular formula is C51H70O10S2. The molecule has 0 amide bonds. The van der Waals surface area contributed by atoms with E-state index in [1.54, 1.807) is 36.4 Å². The van der Waals surface area contributed by atoms with Crippen molar-refractivity contribution in [3.8, 4) is 11.5 Å². The highest BCUT2D eigenvalue weighted by Gasteiger charge is 2.49. The van der Waals surface area contributed by atoms with Gasteiger partial charge in [0.05, 0.1) is 59.9 Å². The molecule has 12 heteroatoms. The average molecular weight is 907 g/mol. The first-order valence-electron chi connectivity index (χ1n) is 22.8.